The molecule has 0 atom stereocenters. The average Bonchev–Trinajstić information content (AvgIpc) is 2.75. The van der Waals surface area contributed by atoms with Crippen LogP contribution in [0.5, 0.6) is 11.5 Å². The van der Waals surface area contributed by atoms with Gasteiger partial charge in [0.15, 0.2) is 11.5 Å². The van der Waals surface area contributed by atoms with E-state index >= 15 is 0 Å². The van der Waals surface area contributed by atoms with E-state index in [1.807, 2.05) is 45.0 Å². The van der Waals surface area contributed by atoms with Gasteiger partial charge in [-0.3, -0.25) is 4.79 Å². The first kappa shape index (κ1) is 20.4. The Morgan fingerprint density at radius 2 is 1.68 bits per heavy atom. The minimum Gasteiger partial charge on any atom is -0.449 e. The maximum atomic E-state index is 12.5. The fraction of sp³-hybridized carbons (Fsp3) is 0.154. The highest BCUT2D eigenvalue weighted by Crippen LogP contribution is 2.35. The van der Waals surface area contributed by atoms with Crippen molar-refractivity contribution in [3.8, 4) is 11.5 Å². The molecular weight excluding hydrogens is 390 g/mol. The van der Waals surface area contributed by atoms with Gasteiger partial charge < -0.3 is 14.8 Å². The molecule has 0 saturated heterocycles. The first-order valence-corrected chi connectivity index (χ1v) is 10.0. The number of esters is 1. The lowest BCUT2D eigenvalue weighted by Gasteiger charge is -2.23. The molecule has 1 aliphatic rings. The Labute approximate surface area is 181 Å². The molecule has 0 unspecified atom stereocenters. The highest BCUT2D eigenvalue weighted by atomic mass is 16.5. The third-order valence-corrected chi connectivity index (χ3v) is 4.90. The van der Waals surface area contributed by atoms with Gasteiger partial charge in [0.05, 0.1) is 11.3 Å². The molecule has 1 amide bonds. The van der Waals surface area contributed by atoms with Crippen LogP contribution in [0.4, 0.5) is 5.69 Å². The van der Waals surface area contributed by atoms with E-state index in [-0.39, 0.29) is 17.1 Å². The normalized spacial score (nSPS) is 14.4. The molecule has 0 spiro atoms. The van der Waals surface area contributed by atoms with Crippen molar-refractivity contribution in [3.05, 3.63) is 95.2 Å². The van der Waals surface area contributed by atoms with Crippen molar-refractivity contribution in [2.75, 3.05) is 5.32 Å². The Bertz CT molecular complexity index is 1170. The summed E-state index contributed by atoms with van der Waals surface area (Å²) in [6.07, 6.45) is 1.68. The fourth-order valence-electron chi connectivity index (χ4n) is 3.30. The molecule has 0 aromatic heterocycles. The van der Waals surface area contributed by atoms with Crippen molar-refractivity contribution in [1.82, 2.24) is 0 Å². The van der Waals surface area contributed by atoms with E-state index in [0.29, 0.717) is 22.7 Å². The SMILES string of the molecule is CC(C)(C)c1cc(C=C2Oc3ccccc3NC2=O)ccc1OC(=O)c1ccccc1. The molecule has 1 heterocycles. The van der Waals surface area contributed by atoms with E-state index in [1.54, 1.807) is 54.6 Å². The van der Waals surface area contributed by atoms with Crippen molar-refractivity contribution in [2.45, 2.75) is 26.2 Å². The monoisotopic (exact) mass is 413 g/mol. The van der Waals surface area contributed by atoms with Crippen LogP contribution < -0.4 is 14.8 Å². The molecule has 0 radical (unpaired) electrons. The van der Waals surface area contributed by atoms with Gasteiger partial charge in [0.25, 0.3) is 5.91 Å². The summed E-state index contributed by atoms with van der Waals surface area (Å²) in [7, 11) is 0. The summed E-state index contributed by atoms with van der Waals surface area (Å²) in [5.41, 5.74) is 2.46. The lowest BCUT2D eigenvalue weighted by Crippen LogP contribution is -2.23. The van der Waals surface area contributed by atoms with Gasteiger partial charge in [-0.25, -0.2) is 4.79 Å². The smallest absolute Gasteiger partial charge is 0.343 e. The number of amides is 1. The lowest BCUT2D eigenvalue weighted by atomic mass is 9.85. The van der Waals surface area contributed by atoms with Gasteiger partial charge in [0, 0.05) is 5.56 Å². The van der Waals surface area contributed by atoms with Crippen molar-refractivity contribution >= 4 is 23.6 Å². The van der Waals surface area contributed by atoms with Crippen molar-refractivity contribution < 1.29 is 19.1 Å². The van der Waals surface area contributed by atoms with Gasteiger partial charge >= 0.3 is 5.97 Å². The van der Waals surface area contributed by atoms with Crippen molar-refractivity contribution in [2.24, 2.45) is 0 Å². The summed E-state index contributed by atoms with van der Waals surface area (Å²) in [4.78, 5) is 25.0. The van der Waals surface area contributed by atoms with Crippen LogP contribution in [-0.4, -0.2) is 11.9 Å². The van der Waals surface area contributed by atoms with E-state index in [2.05, 4.69) is 5.32 Å². The number of carbonyl (C=O) groups excluding carboxylic acids is 2. The number of anilines is 1. The Morgan fingerprint density at radius 1 is 0.968 bits per heavy atom. The first-order valence-electron chi connectivity index (χ1n) is 10.0. The van der Waals surface area contributed by atoms with Gasteiger partial charge in [0.2, 0.25) is 0 Å². The second kappa shape index (κ2) is 8.11. The zero-order chi connectivity index (χ0) is 22.0. The summed E-state index contributed by atoms with van der Waals surface area (Å²) in [5.74, 6) is 0.563. The molecule has 5 nitrogen and oxygen atoms in total. The number of benzene rings is 3. The Balaban J connectivity index is 1.65. The Hall–Kier alpha value is -3.86. The van der Waals surface area contributed by atoms with Gasteiger partial charge in [-0.15, -0.1) is 0 Å². The standard InChI is InChI=1S/C26H23NO4/c1-26(2,3)19-15-17(13-14-21(19)31-25(29)18-9-5-4-6-10-18)16-23-24(28)27-20-11-7-8-12-22(20)30-23/h4-16H,1-3H3,(H,27,28). The largest absolute Gasteiger partial charge is 0.449 e. The number of nitrogens with one attached hydrogen (secondary N) is 1. The molecule has 0 bridgehead atoms. The van der Waals surface area contributed by atoms with Crippen LogP contribution >= 0.6 is 0 Å². The van der Waals surface area contributed by atoms with Crippen LogP contribution in [-0.2, 0) is 10.2 Å². The lowest BCUT2D eigenvalue weighted by molar-refractivity contribution is -0.115. The number of hydrogen-bond donors (Lipinski definition) is 1. The second-order valence-electron chi connectivity index (χ2n) is 8.32. The number of hydrogen-bond acceptors (Lipinski definition) is 4. The van der Waals surface area contributed by atoms with Crippen molar-refractivity contribution in [3.63, 3.8) is 0 Å². The number of para-hydroxylation sites is 2. The predicted octanol–water partition coefficient (Wildman–Crippen LogP) is 5.58. The number of fused-ring (bicyclic) bond motifs is 1. The molecule has 3 aromatic rings. The summed E-state index contributed by atoms with van der Waals surface area (Å²) in [5, 5.41) is 2.83. The first-order chi connectivity index (χ1) is 14.8. The second-order valence-corrected chi connectivity index (χ2v) is 8.32. The van der Waals surface area contributed by atoms with Gasteiger partial charge in [-0.05, 0) is 53.5 Å². The topological polar surface area (TPSA) is 64.6 Å². The minimum absolute atomic E-state index is 0.201. The minimum atomic E-state index is -0.413. The third kappa shape index (κ3) is 4.51. The highest BCUT2D eigenvalue weighted by molar-refractivity contribution is 6.08. The quantitative estimate of drug-likeness (QED) is 0.346. The third-order valence-electron chi connectivity index (χ3n) is 4.90. The molecule has 5 heteroatoms. The summed E-state index contributed by atoms with van der Waals surface area (Å²) >= 11 is 0. The molecule has 0 saturated carbocycles. The van der Waals surface area contributed by atoms with Crippen LogP contribution in [0.15, 0.2) is 78.6 Å². The molecule has 1 N–H and O–H groups in total. The summed E-state index contributed by atoms with van der Waals surface area (Å²) in [6, 6.07) is 21.6. The highest BCUT2D eigenvalue weighted by Gasteiger charge is 2.24. The maximum absolute atomic E-state index is 12.5. The Kier molecular flexibility index (Phi) is 5.34. The van der Waals surface area contributed by atoms with Crippen LogP contribution in [0.1, 0.15) is 42.3 Å². The van der Waals surface area contributed by atoms with E-state index < -0.39 is 5.97 Å². The summed E-state index contributed by atoms with van der Waals surface area (Å²) < 4.78 is 11.5. The van der Waals surface area contributed by atoms with Crippen LogP contribution in [0.2, 0.25) is 0 Å². The van der Waals surface area contributed by atoms with Gasteiger partial charge in [-0.1, -0.05) is 57.2 Å². The summed E-state index contributed by atoms with van der Waals surface area (Å²) in [6.45, 7) is 6.12. The van der Waals surface area contributed by atoms with Crippen LogP contribution in [0.3, 0.4) is 0 Å². The molecule has 1 aliphatic heterocycles. The molecule has 4 rings (SSSR count). The average molecular weight is 413 g/mol. The van der Waals surface area contributed by atoms with E-state index in [4.69, 9.17) is 9.47 Å². The Morgan fingerprint density at radius 3 is 2.42 bits per heavy atom. The maximum Gasteiger partial charge on any atom is 0.343 e. The van der Waals surface area contributed by atoms with Crippen molar-refractivity contribution in [1.29, 1.82) is 0 Å². The zero-order valence-corrected chi connectivity index (χ0v) is 17.6. The van der Waals surface area contributed by atoms with Crippen LogP contribution in [0.25, 0.3) is 6.08 Å². The van der Waals surface area contributed by atoms with Gasteiger partial charge in [-0.2, -0.15) is 0 Å². The number of rotatable bonds is 3. The fourth-order valence-corrected chi connectivity index (χ4v) is 3.30. The van der Waals surface area contributed by atoms with E-state index in [9.17, 15) is 9.59 Å². The molecule has 0 fully saturated rings. The molecule has 31 heavy (non-hydrogen) atoms. The molecule has 3 aromatic carbocycles. The number of carbonyl (C=O) groups is 2. The van der Waals surface area contributed by atoms with E-state index in [1.165, 1.54) is 0 Å². The van der Waals surface area contributed by atoms with Crippen LogP contribution in [0, 0.1) is 0 Å². The zero-order valence-electron chi connectivity index (χ0n) is 17.6. The number of ether oxygens (including phenoxy) is 2. The van der Waals surface area contributed by atoms with Gasteiger partial charge in [0.1, 0.15) is 5.75 Å². The molecular formula is C26H23NO4. The molecule has 0 aliphatic carbocycles. The van der Waals surface area contributed by atoms with E-state index in [0.717, 1.165) is 11.1 Å². The predicted molar refractivity (Wildman–Crippen MR) is 120 cm³/mol. The molecule has 156 valence electrons.